The molecule has 31 heavy (non-hydrogen) atoms. The van der Waals surface area contributed by atoms with Crippen LogP contribution in [0, 0.1) is 5.82 Å². The summed E-state index contributed by atoms with van der Waals surface area (Å²) in [6, 6.07) is 12.5. The van der Waals surface area contributed by atoms with Crippen molar-refractivity contribution in [2.24, 2.45) is 0 Å². The van der Waals surface area contributed by atoms with Gasteiger partial charge >= 0.3 is 0 Å². The molecule has 1 aliphatic carbocycles. The maximum atomic E-state index is 13.5. The number of halogens is 1. The molecule has 162 valence electrons. The smallest absolute Gasteiger partial charge is 0.161 e. The molecule has 2 aromatic carbocycles. The molecular weight excluding hydrogens is 395 g/mol. The molecule has 0 radical (unpaired) electrons. The fourth-order valence-electron chi connectivity index (χ4n) is 4.37. The fraction of sp³-hybridized carbons (Fsp3) is 0.333. The minimum Gasteiger partial charge on any atom is -0.493 e. The molecule has 3 N–H and O–H groups in total. The minimum atomic E-state index is -0.277. The number of aromatic nitrogens is 2. The van der Waals surface area contributed by atoms with Gasteiger partial charge in [-0.2, -0.15) is 0 Å². The van der Waals surface area contributed by atoms with E-state index in [0.29, 0.717) is 12.3 Å². The molecule has 2 aromatic rings. The van der Waals surface area contributed by atoms with Crippen molar-refractivity contribution in [2.45, 2.75) is 19.3 Å². The first kappa shape index (κ1) is 19.8. The fourth-order valence-corrected chi connectivity index (χ4v) is 4.37. The number of fused-ring (bicyclic) bond motifs is 3. The quantitative estimate of drug-likeness (QED) is 0.335. The predicted molar refractivity (Wildman–Crippen MR) is 121 cm³/mol. The van der Waals surface area contributed by atoms with Gasteiger partial charge < -0.3 is 19.7 Å². The molecule has 0 spiro atoms. The van der Waals surface area contributed by atoms with Crippen molar-refractivity contribution >= 4 is 22.3 Å². The van der Waals surface area contributed by atoms with Crippen molar-refractivity contribution in [1.29, 1.82) is 0 Å². The summed E-state index contributed by atoms with van der Waals surface area (Å²) < 4.78 is 25.2. The van der Waals surface area contributed by atoms with Crippen LogP contribution in [0.4, 0.5) is 15.9 Å². The average Bonchev–Trinajstić information content (AvgIpc) is 3.49. The number of methoxy groups -OCH3 is 1. The Hall–Kier alpha value is -3.19. The number of anilines is 2. The highest BCUT2D eigenvalue weighted by atomic mass is 19.1. The predicted octanol–water partition coefficient (Wildman–Crippen LogP) is 5.36. The number of aromatic amines is 2. The van der Waals surface area contributed by atoms with Crippen molar-refractivity contribution in [3.05, 3.63) is 48.3 Å². The lowest BCUT2D eigenvalue weighted by Crippen LogP contribution is -2.21. The maximum Gasteiger partial charge on any atom is 0.161 e. The largest absolute Gasteiger partial charge is 0.493 e. The van der Waals surface area contributed by atoms with Gasteiger partial charge in [-0.3, -0.25) is 10.2 Å². The lowest BCUT2D eigenvalue weighted by atomic mass is 10.2. The molecule has 0 amide bonds. The van der Waals surface area contributed by atoms with Gasteiger partial charge in [-0.1, -0.05) is 6.07 Å². The summed E-state index contributed by atoms with van der Waals surface area (Å²) in [5, 5.41) is 11.7. The Labute approximate surface area is 180 Å². The average molecular weight is 423 g/mol. The van der Waals surface area contributed by atoms with Crippen LogP contribution in [0.5, 0.6) is 11.5 Å². The summed E-state index contributed by atoms with van der Waals surface area (Å²) in [6.45, 7) is 4.15. The molecule has 7 heteroatoms. The number of nitrogens with one attached hydrogen (secondary N) is 3. The monoisotopic (exact) mass is 422 g/mol. The van der Waals surface area contributed by atoms with Gasteiger partial charge in [0.1, 0.15) is 11.6 Å². The van der Waals surface area contributed by atoms with E-state index in [1.165, 1.54) is 38.1 Å². The Balaban J connectivity index is 1.36. The SMILES string of the molecule is COc1cc2c3[nH][nH]c(Nc4cccc(F)c4)c-3cc2cc1OCCCN1CCCC1. The number of rotatable bonds is 8. The Morgan fingerprint density at radius 1 is 1.06 bits per heavy atom. The zero-order valence-electron chi connectivity index (χ0n) is 17.6. The van der Waals surface area contributed by atoms with E-state index in [2.05, 4.69) is 26.5 Å². The third kappa shape index (κ3) is 4.05. The summed E-state index contributed by atoms with van der Waals surface area (Å²) >= 11 is 0. The van der Waals surface area contributed by atoms with Gasteiger partial charge in [0.2, 0.25) is 0 Å². The van der Waals surface area contributed by atoms with E-state index in [9.17, 15) is 4.39 Å². The number of benzene rings is 2. The van der Waals surface area contributed by atoms with Crippen molar-refractivity contribution in [2.75, 3.05) is 38.7 Å². The second-order valence-electron chi connectivity index (χ2n) is 8.03. The standard InChI is InChI=1S/C24H27FN4O2/c1-30-21-15-19-16(13-22(21)31-11-5-10-29-8-2-3-9-29)12-20-23(19)27-28-24(20)26-18-7-4-6-17(25)14-18/h4,6-7,12-15,26-28H,2-3,5,8-11H2,1H3. The lowest BCUT2D eigenvalue weighted by Gasteiger charge is -2.15. The summed E-state index contributed by atoms with van der Waals surface area (Å²) in [5.74, 6) is 1.98. The molecule has 6 nitrogen and oxygen atoms in total. The van der Waals surface area contributed by atoms with Crippen LogP contribution in [0.2, 0.25) is 0 Å². The highest BCUT2D eigenvalue weighted by molar-refractivity contribution is 6.05. The number of hydrogen-bond donors (Lipinski definition) is 3. The molecule has 0 bridgehead atoms. The molecule has 0 atom stereocenters. The van der Waals surface area contributed by atoms with E-state index in [4.69, 9.17) is 9.47 Å². The van der Waals surface area contributed by atoms with Crippen molar-refractivity contribution in [3.8, 4) is 22.8 Å². The summed E-state index contributed by atoms with van der Waals surface area (Å²) in [5.41, 5.74) is 2.64. The second kappa shape index (κ2) is 8.51. The number of likely N-dealkylation sites (tertiary alicyclic amines) is 1. The van der Waals surface area contributed by atoms with E-state index in [1.54, 1.807) is 13.2 Å². The van der Waals surface area contributed by atoms with Gasteiger partial charge in [0.05, 0.1) is 19.4 Å². The summed E-state index contributed by atoms with van der Waals surface area (Å²) in [6.07, 6.45) is 3.62. The van der Waals surface area contributed by atoms with Crippen LogP contribution < -0.4 is 14.8 Å². The molecule has 1 saturated heterocycles. The van der Waals surface area contributed by atoms with Crippen molar-refractivity contribution in [1.82, 2.24) is 15.1 Å². The van der Waals surface area contributed by atoms with E-state index in [1.807, 2.05) is 18.2 Å². The minimum absolute atomic E-state index is 0.277. The van der Waals surface area contributed by atoms with Gasteiger partial charge in [-0.15, -0.1) is 0 Å². The Kier molecular flexibility index (Phi) is 5.42. The van der Waals surface area contributed by atoms with Crippen molar-refractivity contribution in [3.63, 3.8) is 0 Å². The first-order valence-electron chi connectivity index (χ1n) is 10.8. The Bertz CT molecular complexity index is 1150. The van der Waals surface area contributed by atoms with Crippen LogP contribution in [0.1, 0.15) is 19.3 Å². The first-order chi connectivity index (χ1) is 15.2. The molecule has 2 heterocycles. The molecule has 2 aliphatic heterocycles. The van der Waals surface area contributed by atoms with E-state index >= 15 is 0 Å². The molecule has 5 rings (SSSR count). The number of hydrogen-bond acceptors (Lipinski definition) is 4. The Morgan fingerprint density at radius 2 is 1.94 bits per heavy atom. The van der Waals surface area contributed by atoms with Crippen molar-refractivity contribution < 1.29 is 13.9 Å². The van der Waals surface area contributed by atoms with E-state index in [-0.39, 0.29) is 5.82 Å². The molecule has 0 unspecified atom stereocenters. The van der Waals surface area contributed by atoms with E-state index < -0.39 is 0 Å². The van der Waals surface area contributed by atoms with Crippen LogP contribution >= 0.6 is 0 Å². The van der Waals surface area contributed by atoms with Crippen LogP contribution in [-0.2, 0) is 0 Å². The summed E-state index contributed by atoms with van der Waals surface area (Å²) in [4.78, 5) is 2.49. The van der Waals surface area contributed by atoms with Crippen LogP contribution in [0.3, 0.4) is 0 Å². The van der Waals surface area contributed by atoms with Crippen LogP contribution in [-0.4, -0.2) is 48.4 Å². The van der Waals surface area contributed by atoms with Crippen LogP contribution in [0.25, 0.3) is 22.0 Å². The Morgan fingerprint density at radius 3 is 2.74 bits per heavy atom. The highest BCUT2D eigenvalue weighted by Crippen LogP contribution is 2.42. The normalized spacial score (nSPS) is 14.5. The third-order valence-electron chi connectivity index (χ3n) is 5.93. The molecule has 3 aliphatic rings. The van der Waals surface area contributed by atoms with Crippen LogP contribution in [0.15, 0.2) is 42.5 Å². The number of H-pyrrole nitrogens is 2. The zero-order chi connectivity index (χ0) is 21.2. The maximum absolute atomic E-state index is 13.5. The molecule has 0 saturated carbocycles. The second-order valence-corrected chi connectivity index (χ2v) is 8.03. The van der Waals surface area contributed by atoms with Gasteiger partial charge in [-0.25, -0.2) is 4.39 Å². The molecule has 0 aromatic heterocycles. The molecular formula is C24H27FN4O2. The van der Waals surface area contributed by atoms with Gasteiger partial charge in [0.15, 0.2) is 11.5 Å². The first-order valence-corrected chi connectivity index (χ1v) is 10.8. The van der Waals surface area contributed by atoms with E-state index in [0.717, 1.165) is 52.3 Å². The topological polar surface area (TPSA) is 65.3 Å². The van der Waals surface area contributed by atoms with Gasteiger partial charge in [0.25, 0.3) is 0 Å². The third-order valence-corrected chi connectivity index (χ3v) is 5.93. The number of nitrogens with zero attached hydrogens (tertiary/aromatic N) is 1. The van der Waals surface area contributed by atoms with Gasteiger partial charge in [-0.05, 0) is 74.1 Å². The molecule has 1 fully saturated rings. The number of ether oxygens (including phenoxy) is 2. The van der Waals surface area contributed by atoms with Gasteiger partial charge in [0, 0.05) is 23.2 Å². The lowest BCUT2D eigenvalue weighted by molar-refractivity contribution is 0.254. The summed E-state index contributed by atoms with van der Waals surface area (Å²) in [7, 11) is 1.66. The highest BCUT2D eigenvalue weighted by Gasteiger charge is 2.20. The zero-order valence-corrected chi connectivity index (χ0v) is 17.6.